The minimum atomic E-state index is -1.03. The number of fused-ring (bicyclic) bond motifs is 1. The van der Waals surface area contributed by atoms with Gasteiger partial charge in [-0.15, -0.1) is 0 Å². The lowest BCUT2D eigenvalue weighted by Crippen LogP contribution is -2.39. The lowest BCUT2D eigenvalue weighted by molar-refractivity contribution is -0.118. The summed E-state index contributed by atoms with van der Waals surface area (Å²) in [5, 5.41) is 22.6. The Bertz CT molecular complexity index is 1180. The van der Waals surface area contributed by atoms with Crippen LogP contribution in [0.3, 0.4) is 0 Å². The average molecular weight is 483 g/mol. The average Bonchev–Trinajstić information content (AvgIpc) is 3.40. The summed E-state index contributed by atoms with van der Waals surface area (Å²) in [5.41, 5.74) is 1.79. The third-order valence-corrected chi connectivity index (χ3v) is 6.41. The molecule has 3 aromatic rings. The molecule has 1 aliphatic rings. The number of imidazole rings is 1. The molecule has 186 valence electrons. The van der Waals surface area contributed by atoms with Gasteiger partial charge in [0.1, 0.15) is 12.6 Å². The molecule has 1 saturated heterocycles. The van der Waals surface area contributed by atoms with Crippen molar-refractivity contribution in [1.29, 1.82) is 0 Å². The largest absolute Gasteiger partial charge is 0.465 e. The minimum Gasteiger partial charge on any atom is -0.465 e. The van der Waals surface area contributed by atoms with Gasteiger partial charge in [-0.25, -0.2) is 19.7 Å². The SMILES string of the molecule is CC(C)C(=O)Nc1ncnc2c1ncn2[C@@H]1O[C@H](CO)[C@@H](CN(Cc2ccccc2)C(=O)O)[C@H]1C. The number of benzene rings is 1. The molecule has 4 rings (SSSR count). The summed E-state index contributed by atoms with van der Waals surface area (Å²) in [4.78, 5) is 38.4. The molecule has 4 atom stereocenters. The summed E-state index contributed by atoms with van der Waals surface area (Å²) in [5.74, 6) is -0.514. The number of nitrogens with zero attached hydrogens (tertiary/aromatic N) is 5. The van der Waals surface area contributed by atoms with Crippen molar-refractivity contribution in [2.75, 3.05) is 18.5 Å². The maximum atomic E-state index is 12.2. The van der Waals surface area contributed by atoms with E-state index in [4.69, 9.17) is 4.74 Å². The van der Waals surface area contributed by atoms with Gasteiger partial charge in [0.2, 0.25) is 5.91 Å². The maximum Gasteiger partial charge on any atom is 0.407 e. The van der Waals surface area contributed by atoms with E-state index < -0.39 is 18.4 Å². The van der Waals surface area contributed by atoms with E-state index in [1.807, 2.05) is 37.3 Å². The molecular weight excluding hydrogens is 452 g/mol. The van der Waals surface area contributed by atoms with E-state index in [9.17, 15) is 19.8 Å². The predicted octanol–water partition coefficient (Wildman–Crippen LogP) is 2.74. The Balaban J connectivity index is 1.58. The van der Waals surface area contributed by atoms with Crippen molar-refractivity contribution >= 4 is 29.0 Å². The van der Waals surface area contributed by atoms with Crippen LogP contribution >= 0.6 is 0 Å². The highest BCUT2D eigenvalue weighted by Gasteiger charge is 2.44. The van der Waals surface area contributed by atoms with Crippen LogP contribution in [-0.4, -0.2) is 65.9 Å². The van der Waals surface area contributed by atoms with Gasteiger partial charge in [0.15, 0.2) is 17.0 Å². The van der Waals surface area contributed by atoms with Crippen molar-refractivity contribution in [3.63, 3.8) is 0 Å². The molecule has 1 aromatic carbocycles. The van der Waals surface area contributed by atoms with E-state index in [2.05, 4.69) is 20.3 Å². The molecule has 1 fully saturated rings. The Hall–Kier alpha value is -3.57. The van der Waals surface area contributed by atoms with E-state index in [0.29, 0.717) is 17.0 Å². The number of aliphatic hydroxyl groups is 1. The number of carbonyl (C=O) groups excluding carboxylic acids is 1. The number of aliphatic hydroxyl groups excluding tert-OH is 1. The first-order valence-electron chi connectivity index (χ1n) is 11.6. The number of amides is 2. The van der Waals surface area contributed by atoms with E-state index in [0.717, 1.165) is 5.56 Å². The van der Waals surface area contributed by atoms with Gasteiger partial charge in [-0.1, -0.05) is 51.1 Å². The summed E-state index contributed by atoms with van der Waals surface area (Å²) < 4.78 is 7.93. The zero-order chi connectivity index (χ0) is 25.1. The summed E-state index contributed by atoms with van der Waals surface area (Å²) in [6, 6.07) is 9.38. The van der Waals surface area contributed by atoms with Crippen LogP contribution in [0.4, 0.5) is 10.6 Å². The number of hydrogen-bond donors (Lipinski definition) is 3. The molecule has 0 aliphatic carbocycles. The van der Waals surface area contributed by atoms with Crippen LogP contribution < -0.4 is 5.32 Å². The topological polar surface area (TPSA) is 143 Å². The summed E-state index contributed by atoms with van der Waals surface area (Å²) in [6.07, 6.45) is 0.794. The lowest BCUT2D eigenvalue weighted by Gasteiger charge is -2.27. The van der Waals surface area contributed by atoms with Gasteiger partial charge in [-0.2, -0.15) is 0 Å². The van der Waals surface area contributed by atoms with E-state index in [-0.39, 0.29) is 43.4 Å². The Kier molecular flexibility index (Phi) is 7.27. The smallest absolute Gasteiger partial charge is 0.407 e. The van der Waals surface area contributed by atoms with Crippen LogP contribution in [0.15, 0.2) is 43.0 Å². The normalized spacial score (nSPS) is 22.0. The van der Waals surface area contributed by atoms with Crippen molar-refractivity contribution in [1.82, 2.24) is 24.4 Å². The Labute approximate surface area is 202 Å². The number of hydrogen-bond acceptors (Lipinski definition) is 7. The first-order chi connectivity index (χ1) is 16.8. The Morgan fingerprint density at radius 3 is 2.60 bits per heavy atom. The van der Waals surface area contributed by atoms with Gasteiger partial charge in [-0.05, 0) is 5.56 Å². The molecule has 0 spiro atoms. The molecular formula is C24H30N6O5. The van der Waals surface area contributed by atoms with E-state index >= 15 is 0 Å². The molecule has 1 aliphatic heterocycles. The van der Waals surface area contributed by atoms with Gasteiger partial charge in [0.25, 0.3) is 0 Å². The molecule has 0 unspecified atom stereocenters. The van der Waals surface area contributed by atoms with Gasteiger partial charge in [0.05, 0.1) is 19.0 Å². The summed E-state index contributed by atoms with van der Waals surface area (Å²) >= 11 is 0. The van der Waals surface area contributed by atoms with Crippen LogP contribution in [-0.2, 0) is 16.1 Å². The first-order valence-corrected chi connectivity index (χ1v) is 11.6. The van der Waals surface area contributed by atoms with Crippen LogP contribution in [0.25, 0.3) is 11.2 Å². The fourth-order valence-corrected chi connectivity index (χ4v) is 4.39. The number of anilines is 1. The lowest BCUT2D eigenvalue weighted by atomic mass is 9.90. The quantitative estimate of drug-likeness (QED) is 0.445. The van der Waals surface area contributed by atoms with Gasteiger partial charge in [0, 0.05) is 30.8 Å². The zero-order valence-corrected chi connectivity index (χ0v) is 19.9. The molecule has 35 heavy (non-hydrogen) atoms. The molecule has 0 radical (unpaired) electrons. The standard InChI is InChI=1S/C24H30N6O5/c1-14(2)22(32)28-20-19-21(26-12-25-20)30(13-27-19)23-15(3)17(18(11-31)35-23)10-29(24(33)34)9-16-7-5-4-6-8-16/h4-8,12-15,17-18,23,31H,9-11H2,1-3H3,(H,33,34)(H,25,26,28,32)/t15-,17+,18-,23-/m1/s1. The molecule has 3 N–H and O–H groups in total. The van der Waals surface area contributed by atoms with E-state index in [1.54, 1.807) is 24.7 Å². The van der Waals surface area contributed by atoms with E-state index in [1.165, 1.54) is 11.2 Å². The second-order valence-corrected chi connectivity index (χ2v) is 9.11. The number of nitrogens with one attached hydrogen (secondary N) is 1. The molecule has 0 bridgehead atoms. The van der Waals surface area contributed by atoms with Crippen molar-refractivity contribution in [3.05, 3.63) is 48.5 Å². The Morgan fingerprint density at radius 2 is 1.94 bits per heavy atom. The third kappa shape index (κ3) is 5.10. The highest BCUT2D eigenvalue weighted by atomic mass is 16.5. The maximum absolute atomic E-state index is 12.2. The summed E-state index contributed by atoms with van der Waals surface area (Å²) in [6.45, 7) is 5.72. The molecule has 11 nitrogen and oxygen atoms in total. The number of carboxylic acid groups (broad SMARTS) is 1. The van der Waals surface area contributed by atoms with Crippen LogP contribution in [0.5, 0.6) is 0 Å². The first kappa shape index (κ1) is 24.6. The van der Waals surface area contributed by atoms with Crippen LogP contribution in [0.2, 0.25) is 0 Å². The number of aromatic nitrogens is 4. The van der Waals surface area contributed by atoms with Crippen LogP contribution in [0, 0.1) is 17.8 Å². The number of ether oxygens (including phenoxy) is 1. The highest BCUT2D eigenvalue weighted by molar-refractivity contribution is 5.97. The number of carbonyl (C=O) groups is 2. The van der Waals surface area contributed by atoms with Gasteiger partial charge in [-0.3, -0.25) is 9.36 Å². The second kappa shape index (κ2) is 10.4. The highest BCUT2D eigenvalue weighted by Crippen LogP contribution is 2.41. The molecule has 0 saturated carbocycles. The predicted molar refractivity (Wildman–Crippen MR) is 127 cm³/mol. The van der Waals surface area contributed by atoms with Crippen molar-refractivity contribution < 1.29 is 24.5 Å². The fraction of sp³-hybridized carbons (Fsp3) is 0.458. The van der Waals surface area contributed by atoms with Crippen molar-refractivity contribution in [2.45, 2.75) is 39.6 Å². The summed E-state index contributed by atoms with van der Waals surface area (Å²) in [7, 11) is 0. The molecule has 3 heterocycles. The van der Waals surface area contributed by atoms with Crippen LogP contribution in [0.1, 0.15) is 32.6 Å². The minimum absolute atomic E-state index is 0.161. The number of rotatable bonds is 8. The van der Waals surface area contributed by atoms with Crippen molar-refractivity contribution in [3.8, 4) is 0 Å². The monoisotopic (exact) mass is 482 g/mol. The zero-order valence-electron chi connectivity index (χ0n) is 19.9. The molecule has 2 aromatic heterocycles. The molecule has 11 heteroatoms. The molecule has 2 amide bonds. The fourth-order valence-electron chi connectivity index (χ4n) is 4.39. The van der Waals surface area contributed by atoms with Gasteiger partial charge < -0.3 is 25.2 Å². The van der Waals surface area contributed by atoms with Gasteiger partial charge >= 0.3 is 6.09 Å². The van der Waals surface area contributed by atoms with Crippen molar-refractivity contribution in [2.24, 2.45) is 17.8 Å². The third-order valence-electron chi connectivity index (χ3n) is 6.41. The Morgan fingerprint density at radius 1 is 1.20 bits per heavy atom. The second-order valence-electron chi connectivity index (χ2n) is 9.11.